The number of Topliss-reactive ketones (excluding diaryl/α,β-unsaturated/α-hetero) is 2. The number of methoxy groups -OCH3 is 3. The van der Waals surface area contributed by atoms with Crippen LogP contribution in [0.2, 0.25) is 0 Å². The summed E-state index contributed by atoms with van der Waals surface area (Å²) < 4.78 is 25.4. The zero-order valence-corrected chi connectivity index (χ0v) is 42.0. The molecule has 20 nitrogen and oxygen atoms in total. The van der Waals surface area contributed by atoms with Crippen LogP contribution in [0.5, 0.6) is 17.2 Å². The fourth-order valence-electron chi connectivity index (χ4n) is 6.93. The van der Waals surface area contributed by atoms with E-state index in [1.54, 1.807) is 48.5 Å². The first-order chi connectivity index (χ1) is 35.4. The van der Waals surface area contributed by atoms with Crippen molar-refractivity contribution >= 4 is 47.2 Å². The number of ketones is 2. The molecule has 0 saturated heterocycles. The lowest BCUT2D eigenvalue weighted by Crippen LogP contribution is -2.32. The maximum atomic E-state index is 12.4. The van der Waals surface area contributed by atoms with Gasteiger partial charge in [-0.05, 0) is 103 Å². The zero-order chi connectivity index (χ0) is 54.4. The number of primary amides is 3. The van der Waals surface area contributed by atoms with Crippen molar-refractivity contribution in [3.8, 4) is 17.2 Å². The molecule has 5 aromatic rings. The maximum absolute atomic E-state index is 12.4. The van der Waals surface area contributed by atoms with Crippen molar-refractivity contribution in [3.05, 3.63) is 154 Å². The number of nitrogens with two attached hydrogens (primary N) is 6. The van der Waals surface area contributed by atoms with E-state index in [0.717, 1.165) is 11.1 Å². The summed E-state index contributed by atoms with van der Waals surface area (Å²) >= 11 is 0. The Morgan fingerprint density at radius 1 is 0.459 bits per heavy atom. The lowest BCUT2D eigenvalue weighted by atomic mass is 9.98. The molecule has 5 rings (SSSR count). The molecule has 396 valence electrons. The highest BCUT2D eigenvalue weighted by Crippen LogP contribution is 2.22. The van der Waals surface area contributed by atoms with Gasteiger partial charge in [0.15, 0.2) is 11.6 Å². The number of benzene rings is 5. The molecule has 0 aliphatic heterocycles. The number of alkyl carbamates (subject to hydrolysis) is 2. The van der Waals surface area contributed by atoms with Gasteiger partial charge in [0.1, 0.15) is 30.5 Å². The summed E-state index contributed by atoms with van der Waals surface area (Å²) in [7, 11) is 4.36. The zero-order valence-electron chi connectivity index (χ0n) is 42.0. The molecule has 20 heteroatoms. The average Bonchev–Trinajstić information content (AvgIpc) is 3.40. The van der Waals surface area contributed by atoms with Crippen molar-refractivity contribution in [1.29, 1.82) is 0 Å². The summed E-state index contributed by atoms with van der Waals surface area (Å²) in [6.45, 7) is 1.31. The summed E-state index contributed by atoms with van der Waals surface area (Å²) in [5.74, 6) is -0.872. The van der Waals surface area contributed by atoms with Crippen molar-refractivity contribution in [2.75, 3.05) is 40.2 Å². The van der Waals surface area contributed by atoms with E-state index in [9.17, 15) is 33.6 Å². The molecule has 0 heterocycles. The number of hydrogen-bond donors (Lipinski definition) is 8. The number of carbonyl (C=O) groups is 7. The third kappa shape index (κ3) is 21.9. The van der Waals surface area contributed by atoms with Crippen LogP contribution in [0, 0.1) is 0 Å². The molecule has 74 heavy (non-hydrogen) atoms. The largest absolute Gasteiger partial charge is 0.496 e. The molecule has 14 N–H and O–H groups in total. The fourth-order valence-corrected chi connectivity index (χ4v) is 6.93. The Morgan fingerprint density at radius 3 is 1.16 bits per heavy atom. The second-order valence-corrected chi connectivity index (χ2v) is 16.6. The number of nitrogens with one attached hydrogen (secondary N) is 2. The predicted molar refractivity (Wildman–Crippen MR) is 279 cm³/mol. The first kappa shape index (κ1) is 59.8. The Bertz CT molecular complexity index is 2470. The van der Waals surface area contributed by atoms with E-state index < -0.39 is 42.0 Å². The second-order valence-electron chi connectivity index (χ2n) is 16.6. The average molecular weight is 1020 g/mol. The van der Waals surface area contributed by atoms with E-state index in [1.807, 2.05) is 60.7 Å². The van der Waals surface area contributed by atoms with Crippen LogP contribution in [0.25, 0.3) is 0 Å². The Labute approximate surface area is 430 Å². The van der Waals surface area contributed by atoms with Crippen LogP contribution >= 0.6 is 0 Å². The highest BCUT2D eigenvalue weighted by atomic mass is 16.6. The number of ether oxygens (including phenoxy) is 5. The number of unbranched alkanes of at least 4 members (excludes halogenated alkanes) is 2. The molecule has 0 aliphatic rings. The number of rotatable bonds is 26. The third-order valence-electron chi connectivity index (χ3n) is 11.0. The number of amides is 5. The SMILES string of the molecule is COc1ccc(CC(=O)[C@@H](N)CCCCNC(=O)OCc2ccccc2)cc1C(N)=O.COc1ccc(CC(=O)[C@@H](N)CCCCNC(=O)OCc2ccccc2)cc1C(N)=O.COc1ccc(N)cc1C(N)=O. The van der Waals surface area contributed by atoms with Crippen molar-refractivity contribution in [3.63, 3.8) is 0 Å². The van der Waals surface area contributed by atoms with Gasteiger partial charge in [-0.25, -0.2) is 9.59 Å². The molecule has 0 unspecified atom stereocenters. The van der Waals surface area contributed by atoms with Gasteiger partial charge in [0.25, 0.3) is 17.7 Å². The molecular weight excluding hydrogens is 953 g/mol. The minimum absolute atomic E-state index is 0.107. The van der Waals surface area contributed by atoms with Gasteiger partial charge in [0, 0.05) is 31.6 Å². The minimum atomic E-state index is -0.621. The summed E-state index contributed by atoms with van der Waals surface area (Å²) in [6, 6.07) is 32.1. The molecule has 5 amide bonds. The number of nitrogen functional groups attached to an aromatic ring is 1. The minimum Gasteiger partial charge on any atom is -0.496 e. The van der Waals surface area contributed by atoms with E-state index >= 15 is 0 Å². The van der Waals surface area contributed by atoms with E-state index in [1.165, 1.54) is 27.4 Å². The van der Waals surface area contributed by atoms with Crippen LogP contribution in [0.3, 0.4) is 0 Å². The third-order valence-corrected chi connectivity index (χ3v) is 11.0. The lowest BCUT2D eigenvalue weighted by molar-refractivity contribution is -0.120. The first-order valence-electron chi connectivity index (χ1n) is 23.6. The Hall–Kier alpha value is -8.49. The topological polar surface area (TPSA) is 346 Å². The van der Waals surface area contributed by atoms with E-state index in [4.69, 9.17) is 58.1 Å². The Morgan fingerprint density at radius 2 is 0.811 bits per heavy atom. The van der Waals surface area contributed by atoms with Crippen LogP contribution in [0.1, 0.15) is 91.9 Å². The maximum Gasteiger partial charge on any atom is 0.407 e. The van der Waals surface area contributed by atoms with Gasteiger partial charge < -0.3 is 68.7 Å². The van der Waals surface area contributed by atoms with Crippen molar-refractivity contribution in [1.82, 2.24) is 10.6 Å². The van der Waals surface area contributed by atoms with Gasteiger partial charge in [-0.2, -0.15) is 0 Å². The van der Waals surface area contributed by atoms with Gasteiger partial charge in [-0.15, -0.1) is 0 Å². The normalized spacial score (nSPS) is 11.1. The van der Waals surface area contributed by atoms with Crippen LogP contribution < -0.4 is 59.2 Å². The van der Waals surface area contributed by atoms with Crippen LogP contribution in [-0.2, 0) is 45.1 Å². The predicted octanol–water partition coefficient (Wildman–Crippen LogP) is 5.04. The fraction of sp³-hybridized carbons (Fsp3) is 0.315. The summed E-state index contributed by atoms with van der Waals surface area (Å²) in [4.78, 5) is 82.0. The molecule has 0 aliphatic carbocycles. The Balaban J connectivity index is 0.000000320. The highest BCUT2D eigenvalue weighted by molar-refractivity contribution is 5.97. The smallest absolute Gasteiger partial charge is 0.407 e. The number of carbonyl (C=O) groups excluding carboxylic acids is 7. The van der Waals surface area contributed by atoms with E-state index in [2.05, 4.69) is 10.6 Å². The van der Waals surface area contributed by atoms with Crippen LogP contribution in [-0.4, -0.2) is 88.0 Å². The van der Waals surface area contributed by atoms with Gasteiger partial charge in [0.2, 0.25) is 0 Å². The standard InChI is InChI=1S/2C23H29N3O5.C8H10N2O2/c2*1-30-21-11-10-17(13-18(21)22(25)28)14-20(27)19(24)9-5-6-12-26-23(29)31-15-16-7-3-2-4-8-16;1-12-7-3-2-5(9)4-6(7)8(10)11/h2*2-4,7-8,10-11,13,19H,5-6,9,12,14-15,24H2,1H3,(H2,25,28)(H,26,29);2-4H,9H2,1H3,(H2,10,11)/t2*19-;/m00./s1. The highest BCUT2D eigenvalue weighted by Gasteiger charge is 2.18. The molecule has 0 saturated carbocycles. The molecule has 0 aromatic heterocycles. The van der Waals surface area contributed by atoms with Crippen LogP contribution in [0.4, 0.5) is 15.3 Å². The molecular formula is C54H68N8O12. The van der Waals surface area contributed by atoms with E-state index in [0.29, 0.717) is 91.2 Å². The number of anilines is 1. The molecule has 0 bridgehead atoms. The van der Waals surface area contributed by atoms with Crippen molar-refractivity contribution in [2.24, 2.45) is 28.7 Å². The van der Waals surface area contributed by atoms with E-state index in [-0.39, 0.29) is 48.7 Å². The second kappa shape index (κ2) is 32.5. The van der Waals surface area contributed by atoms with Gasteiger partial charge in [-0.3, -0.25) is 24.0 Å². The monoisotopic (exact) mass is 1020 g/mol. The first-order valence-corrected chi connectivity index (χ1v) is 23.6. The molecule has 2 atom stereocenters. The molecule has 0 fully saturated rings. The lowest BCUT2D eigenvalue weighted by Gasteiger charge is -2.12. The number of hydrogen-bond acceptors (Lipinski definition) is 15. The van der Waals surface area contributed by atoms with Crippen molar-refractivity contribution in [2.45, 2.75) is 76.7 Å². The molecule has 5 aromatic carbocycles. The van der Waals surface area contributed by atoms with Crippen molar-refractivity contribution < 1.29 is 57.2 Å². The quantitative estimate of drug-likeness (QED) is 0.0266. The van der Waals surface area contributed by atoms with Gasteiger partial charge in [-0.1, -0.05) is 72.8 Å². The summed E-state index contributed by atoms with van der Waals surface area (Å²) in [5.41, 5.74) is 37.6. The van der Waals surface area contributed by atoms with Gasteiger partial charge in [0.05, 0.1) is 50.1 Å². The molecule has 0 spiro atoms. The Kier molecular flexibility index (Phi) is 26.3. The van der Waals surface area contributed by atoms with Crippen LogP contribution in [0.15, 0.2) is 115 Å². The molecule has 0 radical (unpaired) electrons. The van der Waals surface area contributed by atoms with Gasteiger partial charge >= 0.3 is 12.2 Å². The summed E-state index contributed by atoms with van der Waals surface area (Å²) in [6.07, 6.45) is 2.97. The summed E-state index contributed by atoms with van der Waals surface area (Å²) in [5, 5.41) is 5.36.